The molecule has 0 radical (unpaired) electrons. The van der Waals surface area contributed by atoms with Crippen LogP contribution >= 0.6 is 0 Å². The van der Waals surface area contributed by atoms with Gasteiger partial charge in [-0.05, 0) is 18.9 Å². The average molecular weight is 303 g/mol. The van der Waals surface area contributed by atoms with Crippen molar-refractivity contribution in [3.05, 3.63) is 0 Å². The number of amides is 1. The highest BCUT2D eigenvalue weighted by atomic mass is 16.5. The summed E-state index contributed by atoms with van der Waals surface area (Å²) in [6, 6.07) is 0. The van der Waals surface area contributed by atoms with Crippen molar-refractivity contribution in [3.8, 4) is 0 Å². The highest BCUT2D eigenvalue weighted by Crippen LogP contribution is 2.07. The van der Waals surface area contributed by atoms with E-state index in [4.69, 9.17) is 4.74 Å². The van der Waals surface area contributed by atoms with Gasteiger partial charge in [-0.3, -0.25) is 9.69 Å². The number of likely N-dealkylation sites (N-methyl/N-ethyl adjacent to an activating group) is 1. The Labute approximate surface area is 132 Å². The monoisotopic (exact) mass is 302 g/mol. The lowest BCUT2D eigenvalue weighted by molar-refractivity contribution is -0.120. The number of hydrogen-bond donors (Lipinski definition) is 0. The first kappa shape index (κ1) is 22.7. The molecule has 0 aromatic heterocycles. The van der Waals surface area contributed by atoms with Gasteiger partial charge in [0.25, 0.3) is 0 Å². The summed E-state index contributed by atoms with van der Waals surface area (Å²) in [6.45, 7) is 17.3. The Morgan fingerprint density at radius 3 is 2.38 bits per heavy atom. The third kappa shape index (κ3) is 15.6. The maximum absolute atomic E-state index is 10.5. The van der Waals surface area contributed by atoms with Crippen LogP contribution in [0.2, 0.25) is 0 Å². The van der Waals surface area contributed by atoms with E-state index >= 15 is 0 Å². The molecule has 1 unspecified atom stereocenters. The molecule has 1 saturated heterocycles. The molecule has 1 atom stereocenters. The maximum atomic E-state index is 10.5. The Morgan fingerprint density at radius 2 is 1.90 bits per heavy atom. The lowest BCUT2D eigenvalue weighted by Crippen LogP contribution is -2.46. The number of rotatable bonds is 6. The Kier molecular flexibility index (Phi) is 17.0. The van der Waals surface area contributed by atoms with Crippen molar-refractivity contribution in [2.24, 2.45) is 5.92 Å². The zero-order valence-corrected chi connectivity index (χ0v) is 15.4. The summed E-state index contributed by atoms with van der Waals surface area (Å²) >= 11 is 0. The number of hydrogen-bond acceptors (Lipinski definition) is 3. The topological polar surface area (TPSA) is 32.8 Å². The van der Waals surface area contributed by atoms with Crippen molar-refractivity contribution in [1.29, 1.82) is 0 Å². The molecule has 1 rings (SSSR count). The van der Waals surface area contributed by atoms with Gasteiger partial charge < -0.3 is 9.64 Å². The average Bonchev–Trinajstić information content (AvgIpc) is 2.47. The van der Waals surface area contributed by atoms with Gasteiger partial charge in [-0.15, -0.1) is 0 Å². The van der Waals surface area contributed by atoms with Crippen LogP contribution in [0.1, 0.15) is 54.4 Å². The minimum Gasteiger partial charge on any atom is -0.374 e. The van der Waals surface area contributed by atoms with E-state index in [1.54, 1.807) is 11.9 Å². The van der Waals surface area contributed by atoms with Crippen LogP contribution in [-0.2, 0) is 9.53 Å². The van der Waals surface area contributed by atoms with Gasteiger partial charge in [0.1, 0.15) is 0 Å². The van der Waals surface area contributed by atoms with E-state index in [9.17, 15) is 4.79 Å². The lowest BCUT2D eigenvalue weighted by atomic mass is 10.2. The SMILES string of the molecule is CC.CC(C)C.CCCCN1CCOC(CN(C)C=O)C1. The van der Waals surface area contributed by atoms with Crippen LogP contribution < -0.4 is 0 Å². The van der Waals surface area contributed by atoms with E-state index in [-0.39, 0.29) is 6.10 Å². The second-order valence-corrected chi connectivity index (χ2v) is 5.92. The molecule has 1 aliphatic rings. The summed E-state index contributed by atoms with van der Waals surface area (Å²) in [7, 11) is 1.79. The fourth-order valence-corrected chi connectivity index (χ4v) is 1.84. The lowest BCUT2D eigenvalue weighted by Gasteiger charge is -2.34. The van der Waals surface area contributed by atoms with E-state index < -0.39 is 0 Å². The first-order valence-corrected chi connectivity index (χ1v) is 8.49. The van der Waals surface area contributed by atoms with E-state index in [0.29, 0.717) is 6.54 Å². The summed E-state index contributed by atoms with van der Waals surface area (Å²) in [5.74, 6) is 0.833. The summed E-state index contributed by atoms with van der Waals surface area (Å²) < 4.78 is 5.62. The fourth-order valence-electron chi connectivity index (χ4n) is 1.84. The fraction of sp³-hybridized carbons (Fsp3) is 0.941. The largest absolute Gasteiger partial charge is 0.374 e. The van der Waals surface area contributed by atoms with Crippen LogP contribution in [0.15, 0.2) is 0 Å². The van der Waals surface area contributed by atoms with Gasteiger partial charge in [0.15, 0.2) is 0 Å². The van der Waals surface area contributed by atoms with Crippen LogP contribution in [0, 0.1) is 5.92 Å². The second kappa shape index (κ2) is 15.8. The molecule has 0 spiro atoms. The number of nitrogens with zero attached hydrogens (tertiary/aromatic N) is 2. The van der Waals surface area contributed by atoms with E-state index in [1.807, 2.05) is 13.8 Å². The number of carbonyl (C=O) groups excluding carboxylic acids is 1. The number of morpholine rings is 1. The van der Waals surface area contributed by atoms with Gasteiger partial charge >= 0.3 is 0 Å². The van der Waals surface area contributed by atoms with Crippen molar-refractivity contribution in [2.75, 3.05) is 39.8 Å². The summed E-state index contributed by atoms with van der Waals surface area (Å²) in [5, 5.41) is 0. The highest BCUT2D eigenvalue weighted by Gasteiger charge is 2.20. The van der Waals surface area contributed by atoms with Gasteiger partial charge in [-0.25, -0.2) is 0 Å². The normalized spacial score (nSPS) is 18.2. The first-order chi connectivity index (χ1) is 9.99. The molecule has 4 heteroatoms. The van der Waals surface area contributed by atoms with Crippen molar-refractivity contribution in [2.45, 2.75) is 60.5 Å². The van der Waals surface area contributed by atoms with Crippen molar-refractivity contribution in [1.82, 2.24) is 9.80 Å². The third-order valence-corrected chi connectivity index (χ3v) is 2.72. The van der Waals surface area contributed by atoms with Gasteiger partial charge in [0, 0.05) is 26.7 Å². The maximum Gasteiger partial charge on any atom is 0.209 e. The Bertz CT molecular complexity index is 220. The van der Waals surface area contributed by atoms with Crippen LogP contribution in [-0.4, -0.2) is 62.1 Å². The molecular formula is C17H38N2O2. The molecule has 0 saturated carbocycles. The molecule has 1 aliphatic heterocycles. The minimum atomic E-state index is 0.186. The second-order valence-electron chi connectivity index (χ2n) is 5.92. The first-order valence-electron chi connectivity index (χ1n) is 8.49. The number of unbranched alkanes of at least 4 members (excludes halogenated alkanes) is 1. The van der Waals surface area contributed by atoms with E-state index in [2.05, 4.69) is 32.6 Å². The van der Waals surface area contributed by atoms with Crippen LogP contribution in [0.3, 0.4) is 0 Å². The van der Waals surface area contributed by atoms with Gasteiger partial charge in [-0.2, -0.15) is 0 Å². The van der Waals surface area contributed by atoms with Gasteiger partial charge in [0.2, 0.25) is 6.41 Å². The zero-order valence-electron chi connectivity index (χ0n) is 15.4. The number of ether oxygens (including phenoxy) is 1. The van der Waals surface area contributed by atoms with Crippen LogP contribution in [0.4, 0.5) is 0 Å². The molecule has 21 heavy (non-hydrogen) atoms. The zero-order chi connectivity index (χ0) is 16.7. The van der Waals surface area contributed by atoms with Gasteiger partial charge in [-0.1, -0.05) is 48.0 Å². The van der Waals surface area contributed by atoms with Gasteiger partial charge in [0.05, 0.1) is 12.7 Å². The molecular weight excluding hydrogens is 264 g/mol. The Balaban J connectivity index is 0. The van der Waals surface area contributed by atoms with E-state index in [1.165, 1.54) is 12.8 Å². The quantitative estimate of drug-likeness (QED) is 0.706. The summed E-state index contributed by atoms with van der Waals surface area (Å²) in [6.07, 6.45) is 3.52. The van der Waals surface area contributed by atoms with Crippen molar-refractivity contribution in [3.63, 3.8) is 0 Å². The van der Waals surface area contributed by atoms with Crippen LogP contribution in [0.5, 0.6) is 0 Å². The smallest absolute Gasteiger partial charge is 0.209 e. The third-order valence-electron chi connectivity index (χ3n) is 2.72. The number of carbonyl (C=O) groups is 1. The molecule has 0 aromatic carbocycles. The molecule has 1 amide bonds. The van der Waals surface area contributed by atoms with Crippen LogP contribution in [0.25, 0.3) is 0 Å². The van der Waals surface area contributed by atoms with Crippen molar-refractivity contribution < 1.29 is 9.53 Å². The molecule has 0 bridgehead atoms. The predicted molar refractivity (Wildman–Crippen MR) is 91.6 cm³/mol. The molecule has 1 fully saturated rings. The molecule has 1 heterocycles. The summed E-state index contributed by atoms with van der Waals surface area (Å²) in [5.41, 5.74) is 0. The minimum absolute atomic E-state index is 0.186. The molecule has 0 N–H and O–H groups in total. The Morgan fingerprint density at radius 1 is 1.33 bits per heavy atom. The highest BCUT2D eigenvalue weighted by molar-refractivity contribution is 5.46. The summed E-state index contributed by atoms with van der Waals surface area (Å²) in [4.78, 5) is 14.6. The molecule has 0 aliphatic carbocycles. The Hall–Kier alpha value is -0.610. The van der Waals surface area contributed by atoms with Crippen molar-refractivity contribution >= 4 is 6.41 Å². The predicted octanol–water partition coefficient (Wildman–Crippen LogP) is 3.26. The molecule has 4 nitrogen and oxygen atoms in total. The molecule has 0 aromatic rings. The molecule has 128 valence electrons. The van der Waals surface area contributed by atoms with E-state index in [0.717, 1.165) is 38.6 Å². The standard InChI is InChI=1S/C11H22N2O2.C4H10.C2H6/c1-3-4-5-13-6-7-15-11(9-13)8-12(2)10-14;1-4(2)3;1-2/h10-11H,3-9H2,1-2H3;4H,1-3H3;1-2H3.